The van der Waals surface area contributed by atoms with Gasteiger partial charge in [0.2, 0.25) is 0 Å². The summed E-state index contributed by atoms with van der Waals surface area (Å²) in [5.41, 5.74) is 4.68. The number of thiol groups is 1. The van der Waals surface area contributed by atoms with E-state index in [0.717, 1.165) is 97.3 Å². The van der Waals surface area contributed by atoms with Crippen LogP contribution < -0.4 is 29.6 Å². The minimum Gasteiger partial charge on any atom is -0.870 e. The molecule has 0 spiro atoms. The first-order chi connectivity index (χ1) is 56.6. The number of aliphatic carboxylic acids is 1. The fourth-order valence-electron chi connectivity index (χ4n) is 11.2. The van der Waals surface area contributed by atoms with E-state index in [1.165, 1.54) is 86.0 Å². The predicted molar refractivity (Wildman–Crippen MR) is 457 cm³/mol. The van der Waals surface area contributed by atoms with Crippen LogP contribution in [0, 0.1) is 69.5 Å². The quantitative estimate of drug-likeness (QED) is 0.0138. The van der Waals surface area contributed by atoms with Crippen molar-refractivity contribution >= 4 is 113 Å². The fraction of sp³-hybridized carbons (Fsp3) is 0.303. The summed E-state index contributed by atoms with van der Waals surface area (Å²) in [6.45, 7) is 14.5. The van der Waals surface area contributed by atoms with Gasteiger partial charge < -0.3 is 25.0 Å². The van der Waals surface area contributed by atoms with Gasteiger partial charge in [0.25, 0.3) is 0 Å². The normalized spacial score (nSPS) is 11.6. The van der Waals surface area contributed by atoms with Crippen LogP contribution in [0.4, 0.5) is 43.9 Å². The van der Waals surface area contributed by atoms with Crippen molar-refractivity contribution in [3.05, 3.63) is 295 Å². The zero-order valence-corrected chi connectivity index (χ0v) is 76.0. The third-order valence-electron chi connectivity index (χ3n) is 16.4. The Morgan fingerprint density at radius 3 is 1.21 bits per heavy atom. The maximum absolute atomic E-state index is 14.3. The standard InChI is InChI=1S/C17H12FNS.C16H13FOS.C12H14F2O2.C10H10F2O2.C10H8F2O.C6H3BrF2.C6H11BrO2.C6H15N.C6H6S.Na.H2O4S.H2O/c18-16-10-15(20-14-7-2-1-3-8-14)9-12-5-4-6-13(11-19)17(12)16;17-14-10-13(19-12-6-2-1-3-7-12)9-11-5-4-8-15(18)16(11)14;1-2-16-12(15)5-3-4-9-6-10(13)8-11(14)7-9;11-8-4-7(5-9(12)6-8)2-1-3-10(13)14;11-7-4-6-2-1-3-9(13)10(6)8(12)5-7;7-4-1-5(8)3-6(9)2-4;1-2-9-6(8)4-3-5-7;1-4-7(5-2)6-3;7-6-4-2-1-3-5-6;;1-5(2,3)4;/h1-3,6-10H,4-5H2;1-3,6-7,9-10H,4-5,8H2;6-8H,2-5H2,1H3;4-6H,1-3H2,(H,13,14);4-5H,1-3H2;1-3H;2-5H2,1H3;4-6H2,1-3H3;1-5,7H;;(H2,1,2,3,4);1H2/q;;;;;;;;;+1;;/p-1. The molecule has 121 heavy (non-hydrogen) atoms. The predicted octanol–water partition coefficient (Wildman–Crippen LogP) is 21.0. The minimum atomic E-state index is -4.67. The number of nitrogens with zero attached hydrogens (tertiary/aromatic N) is 2. The van der Waals surface area contributed by atoms with Gasteiger partial charge in [-0.15, -0.1) is 12.6 Å². The smallest absolute Gasteiger partial charge is 0.870 e. The summed E-state index contributed by atoms with van der Waals surface area (Å²) in [4.78, 5) is 62.0. The van der Waals surface area contributed by atoms with Crippen LogP contribution in [0.2, 0.25) is 0 Å². The van der Waals surface area contributed by atoms with Crippen molar-refractivity contribution in [3.8, 4) is 6.07 Å². The van der Waals surface area contributed by atoms with Gasteiger partial charge in [0.15, 0.2) is 11.6 Å². The number of esters is 2. The van der Waals surface area contributed by atoms with Gasteiger partial charge in [-0.1, -0.05) is 137 Å². The van der Waals surface area contributed by atoms with Crippen LogP contribution in [0.15, 0.2) is 217 Å². The Labute approximate surface area is 753 Å². The van der Waals surface area contributed by atoms with Crippen LogP contribution in [0.1, 0.15) is 159 Å². The number of hydrogen-bond donors (Lipinski definition) is 4. The molecule has 0 saturated heterocycles. The molecule has 0 aliphatic heterocycles. The average Bonchev–Trinajstić information content (AvgIpc) is 0.840. The third kappa shape index (κ3) is 48.1. The molecule has 0 fully saturated rings. The van der Waals surface area contributed by atoms with E-state index in [2.05, 4.69) is 81.0 Å². The maximum Gasteiger partial charge on any atom is 1.00 e. The van der Waals surface area contributed by atoms with Gasteiger partial charge in [0.05, 0.1) is 36.0 Å². The number of ketones is 2. The number of carbonyl (C=O) groups is 5. The molecular formula is C89H95Br2F10N2NaO13S4. The first-order valence-electron chi connectivity index (χ1n) is 37.6. The Hall–Kier alpha value is -7.94. The molecule has 0 aromatic heterocycles. The van der Waals surface area contributed by atoms with Gasteiger partial charge >= 0.3 is 57.9 Å². The van der Waals surface area contributed by atoms with Crippen molar-refractivity contribution < 1.29 is 135 Å². The Morgan fingerprint density at radius 1 is 0.496 bits per heavy atom. The van der Waals surface area contributed by atoms with Crippen LogP contribution in [-0.4, -0.2) is 101 Å². The minimum absolute atomic E-state index is 0. The molecule has 0 saturated carbocycles. The van der Waals surface area contributed by atoms with Gasteiger partial charge in [0, 0.05) is 96.2 Å². The molecule has 0 atom stereocenters. The molecule has 0 radical (unpaired) electrons. The van der Waals surface area contributed by atoms with Crippen molar-refractivity contribution in [2.75, 3.05) is 38.2 Å². The topological polar surface area (TPSA) is 256 Å². The Bertz CT molecular complexity index is 4770. The Kier molecular flexibility index (Phi) is 57.1. The molecule has 4 N–H and O–H groups in total. The molecule has 0 heterocycles. The number of carboxylic acid groups (broad SMARTS) is 1. The van der Waals surface area contributed by atoms with E-state index in [0.29, 0.717) is 109 Å². The SMILES string of the molecule is CCN(CC)CC.CCOC(=O)CCCBr.CCOC(=O)CCCc1cc(F)cc(F)c1.Fc1cc(F)cc(Br)c1.N#CC1=CCCc2cc(Sc3ccccc3)cc(F)c21.O=C(O)CCCc1cc(F)cc(F)c1.O=C1CCCc2cc(F)cc(F)c21.O=C1CCCc2cc(Sc3ccccc3)cc(F)c21.O=S(=O)(O)O.Sc1ccccc1.[Na+].[OH-]. The van der Waals surface area contributed by atoms with E-state index < -0.39 is 62.9 Å². The van der Waals surface area contributed by atoms with Gasteiger partial charge in [0.1, 0.15) is 58.2 Å². The van der Waals surface area contributed by atoms with Gasteiger partial charge in [-0.2, -0.15) is 13.7 Å². The number of hydrogen-bond acceptors (Lipinski definition) is 15. The molecule has 9 aromatic rings. The van der Waals surface area contributed by atoms with Crippen LogP contribution >= 0.6 is 68.0 Å². The molecular weight excluding hydrogens is 1810 g/mol. The second kappa shape index (κ2) is 62.2. The average molecular weight is 1900 g/mol. The molecule has 0 bridgehead atoms. The number of rotatable bonds is 20. The number of alkyl halides is 1. The van der Waals surface area contributed by atoms with Crippen molar-refractivity contribution in [3.63, 3.8) is 0 Å². The summed E-state index contributed by atoms with van der Waals surface area (Å²) >= 11 is 13.3. The second-order valence-corrected chi connectivity index (χ2v) is 30.9. The Morgan fingerprint density at radius 2 is 0.851 bits per heavy atom. The summed E-state index contributed by atoms with van der Waals surface area (Å²) in [5, 5.41) is 18.3. The summed E-state index contributed by atoms with van der Waals surface area (Å²) in [5.74, 6) is -7.13. The number of Topliss-reactive ketones (excluding diaryl/α,β-unsaturated/α-hetero) is 2. The zero-order valence-electron chi connectivity index (χ0n) is 67.5. The number of ether oxygens (including phenoxy) is 2. The fourth-order valence-corrected chi connectivity index (χ4v) is 13.9. The monoisotopic (exact) mass is 1900 g/mol. The van der Waals surface area contributed by atoms with Crippen molar-refractivity contribution in [2.45, 2.75) is 162 Å². The van der Waals surface area contributed by atoms with E-state index in [1.54, 1.807) is 18.7 Å². The maximum atomic E-state index is 14.3. The first-order valence-corrected chi connectivity index (χ1v) is 43.0. The van der Waals surface area contributed by atoms with Crippen molar-refractivity contribution in [1.29, 1.82) is 5.26 Å². The molecule has 9 aromatic carbocycles. The first kappa shape index (κ1) is 111. The molecule has 32 heteroatoms. The second-order valence-electron chi connectivity index (χ2n) is 25.5. The largest absolute Gasteiger partial charge is 1.00 e. The number of carbonyl (C=O) groups excluding carboxylic acids is 4. The number of carboxylic acids is 1. The molecule has 0 amide bonds. The number of fused-ring (bicyclic) bond motifs is 3. The summed E-state index contributed by atoms with van der Waals surface area (Å²) < 4.78 is 171. The molecule has 12 rings (SSSR count). The third-order valence-corrected chi connectivity index (χ3v) is 19.7. The van der Waals surface area contributed by atoms with Crippen molar-refractivity contribution in [2.24, 2.45) is 0 Å². The number of aryl methyl sites for hydroxylation is 5. The summed E-state index contributed by atoms with van der Waals surface area (Å²) in [6.07, 6.45) is 10.6. The number of nitriles is 1. The number of benzene rings is 9. The molecule has 3 aliphatic rings. The van der Waals surface area contributed by atoms with E-state index in [4.69, 9.17) is 32.6 Å². The van der Waals surface area contributed by atoms with Gasteiger partial charge in [-0.25, -0.2) is 43.9 Å². The van der Waals surface area contributed by atoms with Crippen molar-refractivity contribution in [1.82, 2.24) is 4.90 Å². The van der Waals surface area contributed by atoms with Gasteiger partial charge in [-0.05, 0) is 235 Å². The van der Waals surface area contributed by atoms with E-state index in [1.807, 2.05) is 116 Å². The van der Waals surface area contributed by atoms with Crippen LogP contribution in [0.5, 0.6) is 0 Å². The summed E-state index contributed by atoms with van der Waals surface area (Å²) in [6, 6.07) is 50.4. The van der Waals surface area contributed by atoms with E-state index in [9.17, 15) is 67.9 Å². The zero-order chi connectivity index (χ0) is 88.4. The number of halogens is 12. The summed E-state index contributed by atoms with van der Waals surface area (Å²) in [7, 11) is -4.67. The molecule has 15 nitrogen and oxygen atoms in total. The van der Waals surface area contributed by atoms with Crippen LogP contribution in [0.25, 0.3) is 5.57 Å². The molecule has 0 unspecified atom stereocenters. The van der Waals surface area contributed by atoms with Crippen LogP contribution in [0.3, 0.4) is 0 Å². The molecule has 3 aliphatic carbocycles. The van der Waals surface area contributed by atoms with Gasteiger partial charge in [-0.3, -0.25) is 33.1 Å². The van der Waals surface area contributed by atoms with E-state index >= 15 is 0 Å². The molecule has 648 valence electrons. The number of allylic oxidation sites excluding steroid dienone is 2. The van der Waals surface area contributed by atoms with E-state index in [-0.39, 0.29) is 88.6 Å². The Balaban J connectivity index is 0.000000688. The van der Waals surface area contributed by atoms with Crippen LogP contribution in [-0.2, 0) is 66.4 Å².